The molecule has 0 aliphatic carbocycles. The van der Waals surface area contributed by atoms with E-state index in [1.807, 2.05) is 27.7 Å². The van der Waals surface area contributed by atoms with E-state index in [9.17, 15) is 32.8 Å². The third-order valence-electron chi connectivity index (χ3n) is 5.81. The third-order valence-corrected chi connectivity index (χ3v) is 7.05. The number of carbonyl (C=O) groups excluding carboxylic acids is 2. The topological polar surface area (TPSA) is 135 Å². The van der Waals surface area contributed by atoms with Crippen molar-refractivity contribution in [3.8, 4) is 0 Å². The maximum atomic E-state index is 12.3. The first-order valence-electron chi connectivity index (χ1n) is 10.4. The van der Waals surface area contributed by atoms with Crippen molar-refractivity contribution >= 4 is 22.1 Å². The molecule has 177 valence electrons. The van der Waals surface area contributed by atoms with Gasteiger partial charge in [0.2, 0.25) is 0 Å². The molecule has 7 nitrogen and oxygen atoms in total. The normalized spacial score (nSPS) is 16.9. The van der Waals surface area contributed by atoms with Gasteiger partial charge in [-0.05, 0) is 24.7 Å². The molecule has 0 spiro atoms. The molecule has 3 atom stereocenters. The summed E-state index contributed by atoms with van der Waals surface area (Å²) in [5.41, 5.74) is -2.23. The van der Waals surface area contributed by atoms with Crippen molar-refractivity contribution in [2.75, 3.05) is 0 Å². The molecule has 0 aromatic heterocycles. The molecule has 0 saturated carbocycles. The number of hydrogen-bond donors (Lipinski definition) is 1. The van der Waals surface area contributed by atoms with Crippen molar-refractivity contribution in [3.05, 3.63) is 0 Å². The van der Waals surface area contributed by atoms with Crippen molar-refractivity contribution < 1.29 is 55.2 Å². The number of hydrogen-bond acceptors (Lipinski definition) is 6. The van der Waals surface area contributed by atoms with Gasteiger partial charge in [0.05, 0.1) is 5.97 Å². The molecule has 0 bridgehead atoms. The van der Waals surface area contributed by atoms with E-state index in [1.54, 1.807) is 0 Å². The van der Waals surface area contributed by atoms with Crippen LogP contribution in [0.15, 0.2) is 0 Å². The molecule has 0 amide bonds. The zero-order valence-corrected chi connectivity index (χ0v) is 20.2. The molecule has 0 heterocycles. The summed E-state index contributed by atoms with van der Waals surface area (Å²) in [4.78, 5) is 24.0. The van der Waals surface area contributed by atoms with Gasteiger partial charge in [0, 0.05) is 33.8 Å². The van der Waals surface area contributed by atoms with Crippen molar-refractivity contribution in [1.82, 2.24) is 0 Å². The van der Waals surface area contributed by atoms with Gasteiger partial charge >= 0.3 is 0 Å². The molecule has 29 heavy (non-hydrogen) atoms. The van der Waals surface area contributed by atoms with E-state index in [0.717, 1.165) is 25.7 Å². The Morgan fingerprint density at radius 1 is 0.897 bits per heavy atom. The van der Waals surface area contributed by atoms with Crippen LogP contribution >= 0.6 is 0 Å². The zero-order chi connectivity index (χ0) is 22.0. The quantitative estimate of drug-likeness (QED) is 0.239. The van der Waals surface area contributed by atoms with Crippen LogP contribution in [0.2, 0.25) is 0 Å². The Morgan fingerprint density at radius 3 is 1.48 bits per heavy atom. The van der Waals surface area contributed by atoms with Gasteiger partial charge in [-0.15, -0.1) is 0 Å². The van der Waals surface area contributed by atoms with Crippen LogP contribution in [0.25, 0.3) is 0 Å². The maximum absolute atomic E-state index is 12.3. The van der Waals surface area contributed by atoms with Crippen molar-refractivity contribution in [2.24, 2.45) is 17.3 Å². The fraction of sp³-hybridized carbons (Fsp3) is 0.900. The molecular formula is C20H36AgO7S-2. The molecule has 1 radical (unpaired) electrons. The minimum absolute atomic E-state index is 0. The predicted octanol–water partition coefficient (Wildman–Crippen LogP) is 1.94. The molecule has 1 N–H and O–H groups in total. The number of carboxylic acid groups (broad SMARTS) is 2. The number of aliphatic carboxylic acids is 2. The molecule has 0 aliphatic rings. The van der Waals surface area contributed by atoms with Crippen molar-refractivity contribution in [1.29, 1.82) is 0 Å². The molecule has 0 aliphatic heterocycles. The van der Waals surface area contributed by atoms with Crippen LogP contribution in [0, 0.1) is 17.3 Å². The molecule has 0 fully saturated rings. The van der Waals surface area contributed by atoms with E-state index in [-0.39, 0.29) is 47.1 Å². The van der Waals surface area contributed by atoms with Crippen LogP contribution < -0.4 is 10.2 Å². The molecule has 0 aromatic carbocycles. The number of unbranched alkanes of at least 4 members (excludes halogenated alkanes) is 2. The smallest absolute Gasteiger partial charge is 0.274 e. The first-order valence-corrected chi connectivity index (χ1v) is 11.9. The summed E-state index contributed by atoms with van der Waals surface area (Å²) >= 11 is 0. The SMILES string of the molecule is CCCCC(CC)CC(CC(CC)CCCC)(C(=O)[O-])C(C(=O)[O-])S(=O)(=O)O.[Ag]. The first-order chi connectivity index (χ1) is 13.0. The summed E-state index contributed by atoms with van der Waals surface area (Å²) < 4.78 is 33.5. The summed E-state index contributed by atoms with van der Waals surface area (Å²) in [7, 11) is -5.20. The van der Waals surface area contributed by atoms with Gasteiger partial charge in [-0.2, -0.15) is 8.42 Å². The second kappa shape index (κ2) is 14.6. The van der Waals surface area contributed by atoms with E-state index in [0.29, 0.717) is 25.7 Å². The van der Waals surface area contributed by atoms with Crippen LogP contribution in [0.4, 0.5) is 0 Å². The summed E-state index contributed by atoms with van der Waals surface area (Å²) in [5, 5.41) is 21.5. The largest absolute Gasteiger partial charge is 0.549 e. The minimum atomic E-state index is -5.20. The van der Waals surface area contributed by atoms with Crippen LogP contribution in [0.5, 0.6) is 0 Å². The summed E-state index contributed by atoms with van der Waals surface area (Å²) in [6.45, 7) is 7.68. The van der Waals surface area contributed by atoms with Gasteiger partial charge in [0.15, 0.2) is 0 Å². The minimum Gasteiger partial charge on any atom is -0.549 e. The van der Waals surface area contributed by atoms with Gasteiger partial charge < -0.3 is 19.8 Å². The zero-order valence-electron chi connectivity index (χ0n) is 17.9. The first kappa shape index (κ1) is 30.8. The summed E-state index contributed by atoms with van der Waals surface area (Å²) in [6, 6.07) is 0. The fourth-order valence-corrected chi connectivity index (χ4v) is 5.22. The van der Waals surface area contributed by atoms with E-state index >= 15 is 0 Å². The van der Waals surface area contributed by atoms with Crippen molar-refractivity contribution in [2.45, 2.75) is 97.2 Å². The van der Waals surface area contributed by atoms with Gasteiger partial charge in [-0.25, -0.2) is 0 Å². The Balaban J connectivity index is 0. The second-order valence-electron chi connectivity index (χ2n) is 7.90. The average molecular weight is 528 g/mol. The molecule has 9 heteroatoms. The Morgan fingerprint density at radius 2 is 1.28 bits per heavy atom. The van der Waals surface area contributed by atoms with Gasteiger partial charge in [0.1, 0.15) is 5.25 Å². The Hall–Kier alpha value is -0.410. The monoisotopic (exact) mass is 527 g/mol. The molecule has 0 aromatic rings. The van der Waals surface area contributed by atoms with Crippen LogP contribution in [0.1, 0.15) is 91.9 Å². The van der Waals surface area contributed by atoms with Gasteiger partial charge in [-0.1, -0.05) is 79.1 Å². The van der Waals surface area contributed by atoms with Crippen molar-refractivity contribution in [3.63, 3.8) is 0 Å². The van der Waals surface area contributed by atoms with Crippen LogP contribution in [-0.2, 0) is 42.1 Å². The van der Waals surface area contributed by atoms with Crippen LogP contribution in [-0.4, -0.2) is 30.2 Å². The molecule has 0 saturated heterocycles. The van der Waals surface area contributed by atoms with E-state index in [4.69, 9.17) is 0 Å². The molecular weight excluding hydrogens is 492 g/mol. The van der Waals surface area contributed by atoms with Crippen LogP contribution in [0.3, 0.4) is 0 Å². The number of carbonyl (C=O) groups is 2. The predicted molar refractivity (Wildman–Crippen MR) is 104 cm³/mol. The second-order valence-corrected chi connectivity index (χ2v) is 9.40. The summed E-state index contributed by atoms with van der Waals surface area (Å²) in [5.74, 6) is -4.22. The average Bonchev–Trinajstić information content (AvgIpc) is 2.59. The fourth-order valence-electron chi connectivity index (χ4n) is 4.12. The Bertz CT molecular complexity index is 574. The Labute approximate surface area is 191 Å². The Kier molecular flexibility index (Phi) is 15.5. The van der Waals surface area contributed by atoms with Gasteiger partial charge in [0.25, 0.3) is 10.1 Å². The number of rotatable bonds is 16. The molecule has 3 unspecified atom stereocenters. The summed E-state index contributed by atoms with van der Waals surface area (Å²) in [6.07, 6.45) is 5.50. The maximum Gasteiger partial charge on any atom is 0.274 e. The van der Waals surface area contributed by atoms with E-state index in [1.165, 1.54) is 0 Å². The third kappa shape index (κ3) is 9.51. The molecule has 0 rings (SSSR count). The van der Waals surface area contributed by atoms with E-state index < -0.39 is 32.7 Å². The number of carboxylic acids is 2. The van der Waals surface area contributed by atoms with E-state index in [2.05, 4.69) is 0 Å². The van der Waals surface area contributed by atoms with Gasteiger partial charge in [-0.3, -0.25) is 4.55 Å². The standard InChI is InChI=1S/C20H38O7S.Ag/c1-5-9-11-15(7-3)13-20(19(23)24,14-16(8-4)12-10-6-2)17(18(21)22)28(25,26)27;/h15-17H,5-14H2,1-4H3,(H,21,22)(H,23,24)(H,25,26,27);/p-2.